The summed E-state index contributed by atoms with van der Waals surface area (Å²) in [4.78, 5) is -0.177. The van der Waals surface area contributed by atoms with Gasteiger partial charge in [0, 0.05) is 0 Å². The molecule has 0 aliphatic carbocycles. The van der Waals surface area contributed by atoms with Crippen molar-refractivity contribution < 1.29 is 15.7 Å². The van der Waals surface area contributed by atoms with Crippen molar-refractivity contribution >= 4 is 23.2 Å². The van der Waals surface area contributed by atoms with Gasteiger partial charge in [-0.1, -0.05) is 0 Å². The topological polar surface area (TPSA) is 0 Å². The Morgan fingerprint density at radius 1 is 1.11 bits per heavy atom. The van der Waals surface area contributed by atoms with Crippen molar-refractivity contribution in [2.75, 3.05) is 0 Å². The molecule has 0 saturated carbocycles. The number of halogens is 2. The van der Waals surface area contributed by atoms with Crippen LogP contribution in [-0.2, 0) is 15.7 Å². The van der Waals surface area contributed by atoms with Gasteiger partial charge >= 0.3 is 74.8 Å². The zero-order valence-corrected chi connectivity index (χ0v) is 7.76. The molecular weight excluding hydrogens is 202 g/mol. The van der Waals surface area contributed by atoms with Gasteiger partial charge in [-0.2, -0.15) is 0 Å². The summed E-state index contributed by atoms with van der Waals surface area (Å²) in [6.45, 7) is 0. The van der Waals surface area contributed by atoms with Crippen LogP contribution in [0.1, 0.15) is 25.7 Å². The molecule has 0 aromatic carbocycles. The van der Waals surface area contributed by atoms with E-state index in [1.165, 1.54) is 12.8 Å². The van der Waals surface area contributed by atoms with E-state index in [4.69, 9.17) is 23.2 Å². The Balaban J connectivity index is 2.75. The second-order valence-electron chi connectivity index (χ2n) is 1.91. The molecule has 0 unspecified atom stereocenters. The minimum absolute atomic E-state index is 0.177. The molecule has 0 nitrogen and oxygen atoms in total. The molecule has 0 fully saturated rings. The van der Waals surface area contributed by atoms with Crippen LogP contribution in [0.5, 0.6) is 0 Å². The van der Waals surface area contributed by atoms with Crippen LogP contribution in [0.15, 0.2) is 0 Å². The average Bonchev–Trinajstić information content (AvgIpc) is 1.80. The summed E-state index contributed by atoms with van der Waals surface area (Å²) in [6.07, 6.45) is 4.39. The van der Waals surface area contributed by atoms with Crippen LogP contribution in [0.3, 0.4) is 0 Å². The molecule has 0 aliphatic rings. The second kappa shape index (κ2) is 7.20. The van der Waals surface area contributed by atoms with Gasteiger partial charge in [0.1, 0.15) is 0 Å². The zero-order valence-electron chi connectivity index (χ0n) is 5.20. The molecule has 0 aromatic rings. The molecule has 58 valence electrons. The van der Waals surface area contributed by atoms with Crippen molar-refractivity contribution in [2.45, 2.75) is 35.9 Å². The van der Waals surface area contributed by atoms with E-state index >= 15 is 0 Å². The molecule has 0 aliphatic heterocycles. The molecule has 0 radical (unpaired) electrons. The predicted octanol–water partition coefficient (Wildman–Crippen LogP) is 3.32. The molecule has 9 heavy (non-hydrogen) atoms. The van der Waals surface area contributed by atoms with Crippen LogP contribution in [0.2, 0.25) is 5.36 Å². The summed E-state index contributed by atoms with van der Waals surface area (Å²) in [5.41, 5.74) is 0. The van der Waals surface area contributed by atoms with Crippen LogP contribution in [0.25, 0.3) is 0 Å². The van der Waals surface area contributed by atoms with Crippen LogP contribution in [0.4, 0.5) is 0 Å². The Bertz CT molecular complexity index is 57.0. The minimum atomic E-state index is -0.177. The second-order valence-corrected chi connectivity index (χ2v) is 3.70. The first-order valence-corrected chi connectivity index (χ1v) is 4.69. The average molecular weight is 213 g/mol. The van der Waals surface area contributed by atoms with E-state index in [9.17, 15) is 0 Å². The molecule has 0 bridgehead atoms. The van der Waals surface area contributed by atoms with E-state index in [1.54, 1.807) is 0 Å². The van der Waals surface area contributed by atoms with E-state index < -0.39 is 0 Å². The third kappa shape index (κ3) is 9.09. The van der Waals surface area contributed by atoms with Gasteiger partial charge in [-0.05, 0) is 0 Å². The molecule has 0 N–H and O–H groups in total. The number of hydrogen-bond acceptors (Lipinski definition) is 0. The number of hydrogen-bond donors (Lipinski definition) is 0. The van der Waals surface area contributed by atoms with Gasteiger partial charge in [0.05, 0.1) is 0 Å². The first-order chi connectivity index (χ1) is 4.27. The standard InChI is InChI=1S/C6H11Cl2.Co/c1-2-3-4-5-6(7)8;/h6H,1-5H2;. The van der Waals surface area contributed by atoms with E-state index in [0.717, 1.165) is 18.2 Å². The van der Waals surface area contributed by atoms with Crippen molar-refractivity contribution in [2.24, 2.45) is 0 Å². The summed E-state index contributed by atoms with van der Waals surface area (Å²) in [5.74, 6) is 0. The van der Waals surface area contributed by atoms with Gasteiger partial charge in [-0.15, -0.1) is 0 Å². The summed E-state index contributed by atoms with van der Waals surface area (Å²) in [6, 6.07) is 0. The molecule has 0 saturated heterocycles. The van der Waals surface area contributed by atoms with Crippen LogP contribution in [-0.4, -0.2) is 4.84 Å². The van der Waals surface area contributed by atoms with Crippen molar-refractivity contribution in [1.29, 1.82) is 0 Å². The van der Waals surface area contributed by atoms with Gasteiger partial charge in [0.25, 0.3) is 0 Å². The first kappa shape index (κ1) is 10.1. The van der Waals surface area contributed by atoms with Gasteiger partial charge in [-0.25, -0.2) is 0 Å². The van der Waals surface area contributed by atoms with E-state index in [-0.39, 0.29) is 4.84 Å². The third-order valence-electron chi connectivity index (χ3n) is 1.04. The molecule has 3 heteroatoms. The van der Waals surface area contributed by atoms with Crippen LogP contribution < -0.4 is 0 Å². The maximum absolute atomic E-state index is 5.50. The van der Waals surface area contributed by atoms with Crippen molar-refractivity contribution in [3.8, 4) is 0 Å². The quantitative estimate of drug-likeness (QED) is 0.485. The van der Waals surface area contributed by atoms with Crippen molar-refractivity contribution in [1.82, 2.24) is 0 Å². The Morgan fingerprint density at radius 3 is 2.22 bits per heavy atom. The van der Waals surface area contributed by atoms with Gasteiger partial charge in [-0.3, -0.25) is 0 Å². The van der Waals surface area contributed by atoms with Crippen LogP contribution in [0, 0.1) is 0 Å². The summed E-state index contributed by atoms with van der Waals surface area (Å²) in [7, 11) is 0. The molecule has 0 heterocycles. The number of unbranched alkanes of at least 4 members (excludes halogenated alkanes) is 2. The van der Waals surface area contributed by atoms with Crippen molar-refractivity contribution in [3.63, 3.8) is 0 Å². The summed E-state index contributed by atoms with van der Waals surface area (Å²) < 4.78 is 0. The first-order valence-electron chi connectivity index (χ1n) is 3.08. The van der Waals surface area contributed by atoms with Gasteiger partial charge in [0.15, 0.2) is 0 Å². The monoisotopic (exact) mass is 212 g/mol. The fourth-order valence-corrected chi connectivity index (χ4v) is 1.13. The maximum atomic E-state index is 5.50. The van der Waals surface area contributed by atoms with Gasteiger partial charge < -0.3 is 0 Å². The normalized spacial score (nSPS) is 10.8. The summed E-state index contributed by atoms with van der Waals surface area (Å²) in [5, 5.41) is 0.961. The summed E-state index contributed by atoms with van der Waals surface area (Å²) >= 11 is 15.1. The zero-order chi connectivity index (χ0) is 7.11. The molecule has 0 aromatic heterocycles. The van der Waals surface area contributed by atoms with Crippen molar-refractivity contribution in [3.05, 3.63) is 0 Å². The molecule has 0 spiro atoms. The van der Waals surface area contributed by atoms with Crippen LogP contribution >= 0.6 is 23.2 Å². The van der Waals surface area contributed by atoms with E-state index in [0.29, 0.717) is 0 Å². The van der Waals surface area contributed by atoms with E-state index in [1.807, 2.05) is 0 Å². The Morgan fingerprint density at radius 2 is 1.78 bits per heavy atom. The van der Waals surface area contributed by atoms with E-state index in [2.05, 4.69) is 15.7 Å². The molecule has 0 amide bonds. The Kier molecular flexibility index (Phi) is 8.07. The molecule has 0 rings (SSSR count). The Hall–Kier alpha value is 1.09. The molecular formula is C6H11Cl2Co. The predicted molar refractivity (Wildman–Crippen MR) is 38.8 cm³/mol. The number of rotatable bonds is 5. The third-order valence-corrected chi connectivity index (χ3v) is 1.84. The fourth-order valence-electron chi connectivity index (χ4n) is 0.559. The Labute approximate surface area is 74.9 Å². The molecule has 0 atom stereocenters. The van der Waals surface area contributed by atoms with Gasteiger partial charge in [0.2, 0.25) is 0 Å². The SMILES string of the molecule is ClC(Cl)CCCC[CH2][Co]. The fraction of sp³-hybridized carbons (Fsp3) is 1.00. The number of alkyl halides is 2.